The van der Waals surface area contributed by atoms with Crippen LogP contribution in [0.4, 0.5) is 0 Å². The first-order valence-electron chi connectivity index (χ1n) is 1.70. The van der Waals surface area contributed by atoms with E-state index in [-0.39, 0.29) is 0 Å². The topological polar surface area (TPSA) is 0 Å². The Morgan fingerprint density at radius 3 is 2.67 bits per heavy atom. The minimum atomic E-state index is 1.09. The molecule has 1 rings (SSSR count). The first-order valence-corrected chi connectivity index (χ1v) is 2.55. The van der Waals surface area contributed by atoms with Gasteiger partial charge in [0.1, 0.15) is 0 Å². The molecular formula is C5H3Se. The van der Waals surface area contributed by atoms with Crippen molar-refractivity contribution in [3.8, 4) is 0 Å². The van der Waals surface area contributed by atoms with Gasteiger partial charge in [0.05, 0.1) is 0 Å². The van der Waals surface area contributed by atoms with Gasteiger partial charge in [-0.1, -0.05) is 0 Å². The van der Waals surface area contributed by atoms with Crippen molar-refractivity contribution >= 4 is 16.0 Å². The molecule has 1 aliphatic carbocycles. The van der Waals surface area contributed by atoms with Crippen LogP contribution in [0.15, 0.2) is 28.4 Å². The summed E-state index contributed by atoms with van der Waals surface area (Å²) >= 11 is 2.83. The van der Waals surface area contributed by atoms with Crippen LogP contribution in [0.2, 0.25) is 0 Å². The van der Waals surface area contributed by atoms with Gasteiger partial charge in [-0.2, -0.15) is 0 Å². The molecular weight excluding hydrogens is 139 g/mol. The zero-order chi connectivity index (χ0) is 4.41. The van der Waals surface area contributed by atoms with E-state index in [1.807, 2.05) is 18.2 Å². The average Bonchev–Trinajstić information content (AvgIpc) is 1.86. The van der Waals surface area contributed by atoms with Crippen LogP contribution in [0, 0.1) is 0 Å². The predicted molar refractivity (Wildman–Crippen MR) is 26.5 cm³/mol. The third-order valence-electron chi connectivity index (χ3n) is 0.569. The van der Waals surface area contributed by atoms with Gasteiger partial charge in [-0.3, -0.25) is 0 Å². The third kappa shape index (κ3) is 0.635. The normalized spacial score (nSPS) is 15.7. The van der Waals surface area contributed by atoms with Crippen molar-refractivity contribution in [1.82, 2.24) is 0 Å². The van der Waals surface area contributed by atoms with Crippen LogP contribution in [0.25, 0.3) is 0 Å². The van der Waals surface area contributed by atoms with Gasteiger partial charge < -0.3 is 0 Å². The van der Waals surface area contributed by atoms with Gasteiger partial charge in [0.25, 0.3) is 0 Å². The van der Waals surface area contributed by atoms with Crippen molar-refractivity contribution in [2.75, 3.05) is 0 Å². The van der Waals surface area contributed by atoms with E-state index in [0.717, 1.165) is 4.47 Å². The van der Waals surface area contributed by atoms with Gasteiger partial charge in [0.2, 0.25) is 0 Å². The van der Waals surface area contributed by atoms with E-state index in [9.17, 15) is 0 Å². The van der Waals surface area contributed by atoms with E-state index in [4.69, 9.17) is 0 Å². The molecule has 1 radical (unpaired) electrons. The molecule has 1 heteroatoms. The second-order valence-electron chi connectivity index (χ2n) is 1.03. The molecule has 0 nitrogen and oxygen atoms in total. The van der Waals surface area contributed by atoms with Crippen LogP contribution in [0.3, 0.4) is 0 Å². The van der Waals surface area contributed by atoms with Gasteiger partial charge in [-0.25, -0.2) is 0 Å². The monoisotopic (exact) mass is 143 g/mol. The molecule has 0 N–H and O–H groups in total. The summed E-state index contributed by atoms with van der Waals surface area (Å²) in [4.78, 5) is 0. The molecule has 0 heterocycles. The molecule has 0 aliphatic heterocycles. The molecule has 29 valence electrons. The standard InChI is InChI=1S/C5H3Se/c6-5-3-1-2-4-5/h1-3H. The van der Waals surface area contributed by atoms with E-state index in [1.54, 1.807) is 0 Å². The Hall–Kier alpha value is -0.221. The minimum absolute atomic E-state index is 1.09. The van der Waals surface area contributed by atoms with Crippen LogP contribution < -0.4 is 0 Å². The molecule has 0 atom stereocenters. The SMILES string of the molecule is [Se]C1=C=CC=C1. The summed E-state index contributed by atoms with van der Waals surface area (Å²) < 4.78 is 1.09. The number of hydrogen-bond acceptors (Lipinski definition) is 0. The maximum atomic E-state index is 2.94. The van der Waals surface area contributed by atoms with Gasteiger partial charge >= 0.3 is 44.4 Å². The van der Waals surface area contributed by atoms with Crippen molar-refractivity contribution in [2.24, 2.45) is 0 Å². The molecule has 1 aliphatic rings. The summed E-state index contributed by atoms with van der Waals surface area (Å²) in [6.45, 7) is 0. The maximum absolute atomic E-state index is 2.94. The fourth-order valence-corrected chi connectivity index (χ4v) is 0.621. The summed E-state index contributed by atoms with van der Waals surface area (Å²) in [5.74, 6) is 0. The summed E-state index contributed by atoms with van der Waals surface area (Å²) in [6, 6.07) is 0. The fourth-order valence-electron chi connectivity index (χ4n) is 0.314. The molecule has 0 aromatic carbocycles. The average molecular weight is 142 g/mol. The Morgan fingerprint density at radius 1 is 1.67 bits per heavy atom. The van der Waals surface area contributed by atoms with Crippen LogP contribution in [0.5, 0.6) is 0 Å². The van der Waals surface area contributed by atoms with Gasteiger partial charge in [-0.15, -0.1) is 0 Å². The number of hydrogen-bond donors (Lipinski definition) is 0. The van der Waals surface area contributed by atoms with E-state index in [2.05, 4.69) is 21.7 Å². The van der Waals surface area contributed by atoms with Crippen LogP contribution in [-0.2, 0) is 0 Å². The Balaban J connectivity index is 2.98. The molecule has 0 saturated carbocycles. The van der Waals surface area contributed by atoms with E-state index < -0.39 is 0 Å². The Labute approximate surface area is 45.1 Å². The molecule has 6 heavy (non-hydrogen) atoms. The van der Waals surface area contributed by atoms with Gasteiger partial charge in [0, 0.05) is 0 Å². The summed E-state index contributed by atoms with van der Waals surface area (Å²) in [5.41, 5.74) is 2.94. The molecule has 0 spiro atoms. The Bertz CT molecular complexity index is 136. The van der Waals surface area contributed by atoms with Crippen molar-refractivity contribution in [1.29, 1.82) is 0 Å². The quantitative estimate of drug-likeness (QED) is 0.346. The zero-order valence-corrected chi connectivity index (χ0v) is 4.85. The van der Waals surface area contributed by atoms with Crippen LogP contribution >= 0.6 is 0 Å². The van der Waals surface area contributed by atoms with Crippen molar-refractivity contribution < 1.29 is 0 Å². The molecule has 0 fully saturated rings. The second-order valence-corrected chi connectivity index (χ2v) is 1.96. The molecule has 0 aromatic rings. The second kappa shape index (κ2) is 1.49. The van der Waals surface area contributed by atoms with E-state index in [0.29, 0.717) is 0 Å². The molecule has 0 saturated heterocycles. The molecule has 0 aromatic heterocycles. The summed E-state index contributed by atoms with van der Waals surface area (Å²) in [5, 5.41) is 0. The van der Waals surface area contributed by atoms with E-state index >= 15 is 0 Å². The molecule has 0 amide bonds. The summed E-state index contributed by atoms with van der Waals surface area (Å²) in [6.07, 6.45) is 5.80. The third-order valence-corrected chi connectivity index (χ3v) is 1.10. The van der Waals surface area contributed by atoms with Gasteiger partial charge in [0.15, 0.2) is 0 Å². The zero-order valence-electron chi connectivity index (χ0n) is 3.14. The first-order chi connectivity index (χ1) is 2.89. The molecule has 0 unspecified atom stereocenters. The van der Waals surface area contributed by atoms with Crippen LogP contribution in [0.1, 0.15) is 0 Å². The number of rotatable bonds is 0. The first kappa shape index (κ1) is 3.95. The van der Waals surface area contributed by atoms with Gasteiger partial charge in [-0.05, 0) is 0 Å². The fraction of sp³-hybridized carbons (Fsp3) is 0. The number of allylic oxidation sites excluding steroid dienone is 3. The van der Waals surface area contributed by atoms with Crippen molar-refractivity contribution in [3.63, 3.8) is 0 Å². The Kier molecular flexibility index (Phi) is 0.979. The summed E-state index contributed by atoms with van der Waals surface area (Å²) in [7, 11) is 0. The molecule has 0 bridgehead atoms. The van der Waals surface area contributed by atoms with Crippen molar-refractivity contribution in [3.05, 3.63) is 28.4 Å². The van der Waals surface area contributed by atoms with Crippen LogP contribution in [-0.4, -0.2) is 16.0 Å². The van der Waals surface area contributed by atoms with Crippen molar-refractivity contribution in [2.45, 2.75) is 0 Å². The Morgan fingerprint density at radius 2 is 2.50 bits per heavy atom. The van der Waals surface area contributed by atoms with E-state index in [1.165, 1.54) is 0 Å². The predicted octanol–water partition coefficient (Wildman–Crippen LogP) is 0.764.